The highest BCUT2D eigenvalue weighted by Crippen LogP contribution is 2.30. The van der Waals surface area contributed by atoms with Crippen molar-refractivity contribution in [2.45, 2.75) is 63.5 Å². The molecule has 4 nitrogen and oxygen atoms in total. The van der Waals surface area contributed by atoms with E-state index in [2.05, 4.69) is 31.1 Å². The maximum Gasteiger partial charge on any atom is 0.222 e. The van der Waals surface area contributed by atoms with Gasteiger partial charge < -0.3 is 10.4 Å². The third-order valence-electron chi connectivity index (χ3n) is 2.86. The van der Waals surface area contributed by atoms with Gasteiger partial charge in [0.2, 0.25) is 5.91 Å². The zero-order valence-corrected chi connectivity index (χ0v) is 14.3. The lowest BCUT2D eigenvalue weighted by atomic mass is 10.0. The second-order valence-electron chi connectivity index (χ2n) is 6.51. The van der Waals surface area contributed by atoms with Gasteiger partial charge >= 0.3 is 0 Å². The smallest absolute Gasteiger partial charge is 0.222 e. The van der Waals surface area contributed by atoms with Gasteiger partial charge in [-0.25, -0.2) is 4.98 Å². The van der Waals surface area contributed by atoms with E-state index in [0.29, 0.717) is 6.54 Å². The molecule has 1 aromatic heterocycles. The number of hydrogen-bond acceptors (Lipinski definition) is 4. The van der Waals surface area contributed by atoms with Crippen LogP contribution >= 0.6 is 11.8 Å². The minimum Gasteiger partial charge on any atom is -0.392 e. The number of rotatable bonds is 6. The third kappa shape index (κ3) is 7.48. The summed E-state index contributed by atoms with van der Waals surface area (Å²) in [7, 11) is 0. The van der Waals surface area contributed by atoms with E-state index in [1.165, 1.54) is 0 Å². The molecular weight excluding hydrogens is 284 g/mol. The summed E-state index contributed by atoms with van der Waals surface area (Å²) in [6, 6.07) is 3.89. The van der Waals surface area contributed by atoms with Gasteiger partial charge in [-0.3, -0.25) is 4.79 Å². The molecule has 1 aromatic rings. The van der Waals surface area contributed by atoms with E-state index in [1.807, 2.05) is 26.0 Å². The molecule has 0 aromatic carbocycles. The molecule has 21 heavy (non-hydrogen) atoms. The number of amides is 1. The molecule has 0 radical (unpaired) electrons. The summed E-state index contributed by atoms with van der Waals surface area (Å²) in [5.41, 5.74) is 1.02. The van der Waals surface area contributed by atoms with Crippen LogP contribution in [-0.4, -0.2) is 26.8 Å². The molecule has 0 fully saturated rings. The van der Waals surface area contributed by atoms with Crippen molar-refractivity contribution in [3.05, 3.63) is 23.9 Å². The van der Waals surface area contributed by atoms with Crippen molar-refractivity contribution in [1.29, 1.82) is 0 Å². The highest BCUT2D eigenvalue weighted by Gasteiger charge is 2.15. The van der Waals surface area contributed by atoms with Crippen molar-refractivity contribution < 1.29 is 9.90 Å². The van der Waals surface area contributed by atoms with Gasteiger partial charge in [-0.05, 0) is 23.6 Å². The van der Waals surface area contributed by atoms with Gasteiger partial charge in [-0.2, -0.15) is 0 Å². The summed E-state index contributed by atoms with van der Waals surface area (Å²) in [6.45, 7) is 10.7. The molecule has 1 atom stereocenters. The van der Waals surface area contributed by atoms with Gasteiger partial charge in [0.1, 0.15) is 0 Å². The molecule has 1 rings (SSSR count). The Morgan fingerprint density at radius 3 is 2.67 bits per heavy atom. The topological polar surface area (TPSA) is 62.2 Å². The molecule has 0 bridgehead atoms. The number of nitrogens with one attached hydrogen (secondary N) is 1. The first-order valence-electron chi connectivity index (χ1n) is 7.26. The molecule has 0 aliphatic carbocycles. The molecule has 0 spiro atoms. The lowest BCUT2D eigenvalue weighted by Gasteiger charge is -2.17. The Morgan fingerprint density at radius 2 is 2.10 bits per heavy atom. The lowest BCUT2D eigenvalue weighted by molar-refractivity contribution is -0.123. The first-order chi connectivity index (χ1) is 9.67. The zero-order valence-electron chi connectivity index (χ0n) is 13.5. The van der Waals surface area contributed by atoms with Crippen molar-refractivity contribution >= 4 is 17.7 Å². The Labute approximate surface area is 131 Å². The van der Waals surface area contributed by atoms with Gasteiger partial charge in [-0.1, -0.05) is 34.6 Å². The summed E-state index contributed by atoms with van der Waals surface area (Å²) in [5.74, 6) is -0.0375. The number of aromatic nitrogens is 1. The summed E-state index contributed by atoms with van der Waals surface area (Å²) in [6.07, 6.45) is 1.32. The van der Waals surface area contributed by atoms with E-state index >= 15 is 0 Å². The summed E-state index contributed by atoms with van der Waals surface area (Å²) < 4.78 is 0.107. The SMILES string of the molecule is CC(C)C(O)CC(=O)NCc1ccnc(SC(C)(C)C)c1. The average molecular weight is 310 g/mol. The van der Waals surface area contributed by atoms with Crippen molar-refractivity contribution in [3.63, 3.8) is 0 Å². The summed E-state index contributed by atoms with van der Waals surface area (Å²) in [4.78, 5) is 16.1. The number of aliphatic hydroxyl groups is 1. The lowest BCUT2D eigenvalue weighted by Crippen LogP contribution is -2.29. The molecule has 1 heterocycles. The molecule has 1 unspecified atom stereocenters. The number of carbonyl (C=O) groups is 1. The van der Waals surface area contributed by atoms with Gasteiger partial charge in [0.15, 0.2) is 0 Å². The van der Waals surface area contributed by atoms with E-state index in [9.17, 15) is 9.90 Å². The van der Waals surface area contributed by atoms with Gasteiger partial charge in [-0.15, -0.1) is 11.8 Å². The summed E-state index contributed by atoms with van der Waals surface area (Å²) in [5, 5.41) is 13.5. The molecule has 0 aliphatic heterocycles. The number of carbonyl (C=O) groups excluding carboxylic acids is 1. The minimum absolute atomic E-state index is 0.0893. The van der Waals surface area contributed by atoms with Crippen LogP contribution in [-0.2, 0) is 11.3 Å². The Kier molecular flexibility index (Phi) is 6.68. The standard InChI is InChI=1S/C16H26N2O2S/c1-11(2)13(19)9-14(20)18-10-12-6-7-17-15(8-12)21-16(3,4)5/h6-8,11,13,19H,9-10H2,1-5H3,(H,18,20). The maximum absolute atomic E-state index is 11.8. The fourth-order valence-corrected chi connectivity index (χ4v) is 2.58. The normalized spacial score (nSPS) is 13.3. The first-order valence-corrected chi connectivity index (χ1v) is 8.08. The Hall–Kier alpha value is -1.07. The largest absolute Gasteiger partial charge is 0.392 e. The number of pyridine rings is 1. The van der Waals surface area contributed by atoms with E-state index in [4.69, 9.17) is 0 Å². The quantitative estimate of drug-likeness (QED) is 0.793. The van der Waals surface area contributed by atoms with Crippen molar-refractivity contribution in [2.24, 2.45) is 5.92 Å². The fraction of sp³-hybridized carbons (Fsp3) is 0.625. The second-order valence-corrected chi connectivity index (χ2v) is 8.36. The molecule has 2 N–H and O–H groups in total. The molecule has 1 amide bonds. The molecule has 0 saturated heterocycles. The fourth-order valence-electron chi connectivity index (χ4n) is 1.63. The second kappa shape index (κ2) is 7.80. The Morgan fingerprint density at radius 1 is 1.43 bits per heavy atom. The third-order valence-corrected chi connectivity index (χ3v) is 3.91. The van der Waals surface area contributed by atoms with Crippen LogP contribution in [0.3, 0.4) is 0 Å². The summed E-state index contributed by atoms with van der Waals surface area (Å²) >= 11 is 1.70. The molecule has 118 valence electrons. The molecule has 0 aliphatic rings. The minimum atomic E-state index is -0.588. The van der Waals surface area contributed by atoms with Crippen molar-refractivity contribution in [1.82, 2.24) is 10.3 Å². The zero-order chi connectivity index (χ0) is 16.0. The predicted octanol–water partition coefficient (Wildman–Crippen LogP) is 3.00. The number of aliphatic hydroxyl groups excluding tert-OH is 1. The van der Waals surface area contributed by atoms with Crippen LogP contribution in [0.4, 0.5) is 0 Å². The Balaban J connectivity index is 2.52. The monoisotopic (exact) mass is 310 g/mol. The molecular formula is C16H26N2O2S. The van der Waals surface area contributed by atoms with E-state index in [-0.39, 0.29) is 23.0 Å². The highest BCUT2D eigenvalue weighted by atomic mass is 32.2. The van der Waals surface area contributed by atoms with Gasteiger partial charge in [0, 0.05) is 17.5 Å². The number of thioether (sulfide) groups is 1. The van der Waals surface area contributed by atoms with E-state index in [1.54, 1.807) is 18.0 Å². The van der Waals surface area contributed by atoms with E-state index in [0.717, 1.165) is 10.6 Å². The first kappa shape index (κ1) is 18.0. The van der Waals surface area contributed by atoms with Crippen LogP contribution in [0.15, 0.2) is 23.4 Å². The van der Waals surface area contributed by atoms with Gasteiger partial charge in [0.25, 0.3) is 0 Å². The predicted molar refractivity (Wildman–Crippen MR) is 87.2 cm³/mol. The van der Waals surface area contributed by atoms with Gasteiger partial charge in [0.05, 0.1) is 17.6 Å². The van der Waals surface area contributed by atoms with Crippen LogP contribution in [0.25, 0.3) is 0 Å². The van der Waals surface area contributed by atoms with Crippen molar-refractivity contribution in [3.8, 4) is 0 Å². The maximum atomic E-state index is 11.8. The molecule has 0 saturated carbocycles. The highest BCUT2D eigenvalue weighted by molar-refractivity contribution is 8.00. The van der Waals surface area contributed by atoms with Crippen LogP contribution in [0.1, 0.15) is 46.6 Å². The average Bonchev–Trinajstić information content (AvgIpc) is 2.34. The number of nitrogens with zero attached hydrogens (tertiary/aromatic N) is 1. The van der Waals surface area contributed by atoms with Crippen LogP contribution < -0.4 is 5.32 Å². The van der Waals surface area contributed by atoms with Crippen LogP contribution in [0.5, 0.6) is 0 Å². The van der Waals surface area contributed by atoms with E-state index < -0.39 is 6.10 Å². The van der Waals surface area contributed by atoms with Crippen molar-refractivity contribution in [2.75, 3.05) is 0 Å². The van der Waals surface area contributed by atoms with Crippen LogP contribution in [0, 0.1) is 5.92 Å². The Bertz CT molecular complexity index is 470. The number of hydrogen-bond donors (Lipinski definition) is 2. The van der Waals surface area contributed by atoms with Crippen LogP contribution in [0.2, 0.25) is 0 Å². The molecule has 5 heteroatoms.